The van der Waals surface area contributed by atoms with Crippen molar-refractivity contribution in [3.63, 3.8) is 0 Å². The molecule has 3 N–H and O–H groups in total. The first kappa shape index (κ1) is 29.4. The van der Waals surface area contributed by atoms with Crippen LogP contribution in [0.15, 0.2) is 36.7 Å². The summed E-state index contributed by atoms with van der Waals surface area (Å²) in [4.78, 5) is 32.3. The van der Waals surface area contributed by atoms with Gasteiger partial charge in [-0.3, -0.25) is 9.36 Å². The molecule has 6 atom stereocenters. The lowest BCUT2D eigenvalue weighted by Crippen LogP contribution is -2.47. The Kier molecular flexibility index (Phi) is 8.19. The molecule has 1 aromatic carbocycles. The van der Waals surface area contributed by atoms with Crippen LogP contribution in [-0.4, -0.2) is 86.9 Å². The molecule has 1 unspecified atom stereocenters. The van der Waals surface area contributed by atoms with Crippen LogP contribution in [0.3, 0.4) is 0 Å². The van der Waals surface area contributed by atoms with Gasteiger partial charge < -0.3 is 30.1 Å². The lowest BCUT2D eigenvalue weighted by molar-refractivity contribution is -0.203. The minimum atomic E-state index is -3.19. The summed E-state index contributed by atoms with van der Waals surface area (Å²) in [5.74, 6) is -3.64. The minimum absolute atomic E-state index is 0.0304. The van der Waals surface area contributed by atoms with Gasteiger partial charge >= 0.3 is 14.1 Å². The number of aromatic nitrogens is 4. The topological polar surface area (TPSA) is 167 Å². The summed E-state index contributed by atoms with van der Waals surface area (Å²) in [5.41, 5.74) is 3.33. The zero-order valence-electron chi connectivity index (χ0n) is 22.3. The van der Waals surface area contributed by atoms with Crippen molar-refractivity contribution in [1.29, 1.82) is 0 Å². The number of aliphatic hydroxyl groups excluding tert-OH is 1. The molecular weight excluding hydrogens is 555 g/mol. The predicted molar refractivity (Wildman–Crippen MR) is 137 cm³/mol. The fourth-order valence-corrected chi connectivity index (χ4v) is 5.01. The Morgan fingerprint density at radius 1 is 1.30 bits per heavy atom. The number of ether oxygens (including phenoxy) is 2. The molecule has 14 nitrogen and oxygen atoms in total. The number of carbonyl (C=O) groups is 1. The van der Waals surface area contributed by atoms with Crippen LogP contribution in [0, 0.1) is 0 Å². The van der Waals surface area contributed by atoms with Crippen LogP contribution in [0.1, 0.15) is 20.1 Å². The Labute approximate surface area is 228 Å². The summed E-state index contributed by atoms with van der Waals surface area (Å²) in [6.07, 6.45) is -3.03. The van der Waals surface area contributed by atoms with Gasteiger partial charge in [0.1, 0.15) is 4.83 Å². The smallest absolute Gasteiger partial charge is 0.468 e. The van der Waals surface area contributed by atoms with Crippen LogP contribution < -0.4 is 15.5 Å². The van der Waals surface area contributed by atoms with E-state index in [4.69, 9.17) is 19.8 Å². The van der Waals surface area contributed by atoms with Crippen molar-refractivity contribution in [2.45, 2.75) is 43.7 Å². The van der Waals surface area contributed by atoms with Crippen molar-refractivity contribution in [2.75, 3.05) is 38.4 Å². The molecule has 1 saturated heterocycles. The van der Waals surface area contributed by atoms with Crippen molar-refractivity contribution >= 4 is 37.1 Å². The number of benzene rings is 1. The molecule has 0 radical (unpaired) electrons. The normalized spacial score (nSPS) is 25.7. The molecule has 1 aliphatic heterocycles. The highest BCUT2D eigenvalue weighted by Gasteiger charge is 2.66. The van der Waals surface area contributed by atoms with Crippen LogP contribution >= 0.6 is 8.18 Å². The highest BCUT2D eigenvalue weighted by atomic mass is 31.1. The number of rotatable bonds is 10. The number of hydrogen-bond donors (Lipinski definition) is 2. The average Bonchev–Trinajstić information content (AvgIpc) is 3.41. The van der Waals surface area contributed by atoms with Crippen LogP contribution in [0.2, 0.25) is 0 Å². The van der Waals surface area contributed by atoms with Crippen molar-refractivity contribution in [3.05, 3.63) is 36.7 Å². The first-order valence-corrected chi connectivity index (χ1v) is 13.0. The minimum Gasteiger partial charge on any atom is -0.468 e. The van der Waals surface area contributed by atoms with E-state index in [-0.39, 0.29) is 22.9 Å². The first-order valence-electron chi connectivity index (χ1n) is 11.9. The lowest BCUT2D eigenvalue weighted by atomic mass is 9.97. The third-order valence-electron chi connectivity index (χ3n) is 6.18. The van der Waals surface area contributed by atoms with Crippen LogP contribution in [-0.2, 0) is 23.4 Å². The number of esters is 1. The summed E-state index contributed by atoms with van der Waals surface area (Å²) in [7, 11) is 1.39. The number of imidazole rings is 1. The number of nitrogens with two attached hydrogens (primary N) is 1. The Morgan fingerprint density at radius 3 is 2.60 bits per heavy atom. The lowest BCUT2D eigenvalue weighted by Gasteiger charge is -2.24. The van der Waals surface area contributed by atoms with Gasteiger partial charge in [0.2, 0.25) is 5.95 Å². The standard InChI is InChI=1S/C23H29F2N7O7P/c1-13(18(33)36-5)32(39-14-9-7-6-8-10-14)40(35)37-11-23(25)19(34)22(2,24)20(38-23)31-12-27-15-16(30(3)4)28-21(26)29-17(15)31/h6-10,12-13,19-20,34H,11H2,1-5H3,(H2,26,28,29)/q+1/t13-,19-,20+,22+,23+/m0/s1. The van der Waals surface area contributed by atoms with E-state index in [0.717, 1.165) is 24.9 Å². The summed E-state index contributed by atoms with van der Waals surface area (Å²) in [6.45, 7) is 1.05. The summed E-state index contributed by atoms with van der Waals surface area (Å²) in [5, 5.41) is 10.7. The zero-order chi connectivity index (χ0) is 29.4. The van der Waals surface area contributed by atoms with E-state index in [1.54, 1.807) is 37.2 Å². The number of anilines is 2. The Bertz CT molecular complexity index is 1400. The molecule has 1 aliphatic rings. The molecule has 216 valence electrons. The van der Waals surface area contributed by atoms with E-state index in [0.29, 0.717) is 10.7 Å². The van der Waals surface area contributed by atoms with Crippen molar-refractivity contribution in [3.8, 4) is 5.75 Å². The number of nitrogen functional groups attached to an aromatic ring is 1. The number of aliphatic hydroxyl groups is 1. The largest absolute Gasteiger partial charge is 0.653 e. The van der Waals surface area contributed by atoms with E-state index in [1.807, 2.05) is 0 Å². The Morgan fingerprint density at radius 2 is 1.98 bits per heavy atom. The maximum Gasteiger partial charge on any atom is 0.653 e. The number of halogens is 2. The first-order chi connectivity index (χ1) is 18.8. The van der Waals surface area contributed by atoms with Crippen molar-refractivity contribution in [1.82, 2.24) is 24.4 Å². The summed E-state index contributed by atoms with van der Waals surface area (Å²) < 4.78 is 61.2. The second-order valence-corrected chi connectivity index (χ2v) is 10.5. The van der Waals surface area contributed by atoms with Crippen LogP contribution in [0.4, 0.5) is 20.5 Å². The van der Waals surface area contributed by atoms with Gasteiger partial charge in [0.25, 0.3) is 5.85 Å². The van der Waals surface area contributed by atoms with Gasteiger partial charge in [0.15, 0.2) is 53.4 Å². The number of nitrogens with zero attached hydrogens (tertiary/aromatic N) is 6. The molecule has 17 heteroatoms. The number of hydrogen-bond acceptors (Lipinski definition) is 12. The van der Waals surface area contributed by atoms with Crippen LogP contribution in [0.25, 0.3) is 11.2 Å². The van der Waals surface area contributed by atoms with Crippen LogP contribution in [0.5, 0.6) is 5.75 Å². The Balaban J connectivity index is 1.58. The molecule has 0 saturated carbocycles. The molecule has 0 amide bonds. The third kappa shape index (κ3) is 5.40. The van der Waals surface area contributed by atoms with E-state index in [1.165, 1.54) is 19.1 Å². The second-order valence-electron chi connectivity index (χ2n) is 9.35. The van der Waals surface area contributed by atoms with Gasteiger partial charge in [-0.1, -0.05) is 18.2 Å². The van der Waals surface area contributed by atoms with Gasteiger partial charge in [0, 0.05) is 14.1 Å². The monoisotopic (exact) mass is 584 g/mol. The van der Waals surface area contributed by atoms with Gasteiger partial charge in [-0.05, 0) is 30.5 Å². The predicted octanol–water partition coefficient (Wildman–Crippen LogP) is 2.29. The zero-order valence-corrected chi connectivity index (χ0v) is 23.2. The number of carbonyl (C=O) groups excluding carboxylic acids is 1. The van der Waals surface area contributed by atoms with Gasteiger partial charge in [0.05, 0.1) is 13.4 Å². The molecular formula is C23H29F2N7O7P+. The Hall–Kier alpha value is -3.56. The number of methoxy groups -OCH3 is 1. The molecule has 2 aromatic heterocycles. The van der Waals surface area contributed by atoms with E-state index < -0.39 is 50.7 Å². The molecule has 3 aromatic rings. The highest BCUT2D eigenvalue weighted by molar-refractivity contribution is 7.36. The molecule has 0 spiro atoms. The third-order valence-corrected chi connectivity index (χ3v) is 7.28. The number of fused-ring (bicyclic) bond motifs is 1. The summed E-state index contributed by atoms with van der Waals surface area (Å²) >= 11 is 0. The average molecular weight is 584 g/mol. The molecule has 0 aliphatic carbocycles. The second kappa shape index (κ2) is 11.1. The SMILES string of the molecule is COC(=O)[C@H](C)N(Oc1ccccc1)[P+](=O)OC[C@@]1(F)O[C@@H](n2cnc3c(N(C)C)nc(N)nc32)[C@](C)(F)[C@@H]1O. The van der Waals surface area contributed by atoms with Crippen molar-refractivity contribution < 1.29 is 42.1 Å². The fraction of sp³-hybridized carbons (Fsp3) is 0.478. The maximum absolute atomic E-state index is 16.0. The van der Waals surface area contributed by atoms with E-state index in [2.05, 4.69) is 19.7 Å². The molecule has 40 heavy (non-hydrogen) atoms. The van der Waals surface area contributed by atoms with Crippen molar-refractivity contribution in [2.24, 2.45) is 0 Å². The van der Waals surface area contributed by atoms with E-state index in [9.17, 15) is 14.5 Å². The fourth-order valence-electron chi connectivity index (χ4n) is 4.07. The molecule has 1 fully saturated rings. The molecule has 0 bridgehead atoms. The summed E-state index contributed by atoms with van der Waals surface area (Å²) in [6, 6.07) is 6.75. The number of hydroxylamine groups is 1. The highest BCUT2D eigenvalue weighted by Crippen LogP contribution is 2.49. The quantitative estimate of drug-likeness (QED) is 0.203. The number of alkyl halides is 2. The van der Waals surface area contributed by atoms with Gasteiger partial charge in [-0.25, -0.2) is 13.8 Å². The van der Waals surface area contributed by atoms with Gasteiger partial charge in [-0.2, -0.15) is 9.97 Å². The molecule has 3 heterocycles. The van der Waals surface area contributed by atoms with E-state index >= 15 is 8.78 Å². The molecule has 4 rings (SSSR count). The maximum atomic E-state index is 16.0. The number of para-hydroxylation sites is 1. The van der Waals surface area contributed by atoms with Gasteiger partial charge in [-0.15, -0.1) is 4.52 Å².